The van der Waals surface area contributed by atoms with Crippen LogP contribution in [0.15, 0.2) is 53.6 Å². The maximum atomic E-state index is 13.6. The highest BCUT2D eigenvalue weighted by atomic mass is 32.2. The molecule has 1 fully saturated rings. The Morgan fingerprint density at radius 3 is 2.35 bits per heavy atom. The molecular formula is C20H18F3N3O4S. The fourth-order valence-electron chi connectivity index (χ4n) is 3.37. The highest BCUT2D eigenvalue weighted by Gasteiger charge is 2.46. The molecule has 1 aliphatic rings. The largest absolute Gasteiger partial charge is 0.394 e. The molecule has 0 bridgehead atoms. The van der Waals surface area contributed by atoms with Crippen LogP contribution in [0.3, 0.4) is 0 Å². The van der Waals surface area contributed by atoms with Crippen LogP contribution in [0, 0.1) is 17.5 Å². The molecular weight excluding hydrogens is 435 g/mol. The third-order valence-electron chi connectivity index (χ3n) is 4.94. The van der Waals surface area contributed by atoms with Gasteiger partial charge in [0.2, 0.25) is 0 Å². The lowest BCUT2D eigenvalue weighted by molar-refractivity contribution is -0.178. The molecule has 5 atom stereocenters. The van der Waals surface area contributed by atoms with Gasteiger partial charge in [0.05, 0.1) is 12.8 Å². The first-order chi connectivity index (χ1) is 14.9. The molecule has 0 spiro atoms. The Morgan fingerprint density at radius 1 is 1.03 bits per heavy atom. The molecule has 0 saturated carbocycles. The van der Waals surface area contributed by atoms with Gasteiger partial charge in [-0.1, -0.05) is 35.2 Å². The van der Waals surface area contributed by atoms with Crippen LogP contribution in [0.25, 0.3) is 11.3 Å². The van der Waals surface area contributed by atoms with E-state index in [0.717, 1.165) is 21.7 Å². The zero-order valence-corrected chi connectivity index (χ0v) is 16.7. The van der Waals surface area contributed by atoms with Crippen LogP contribution in [-0.4, -0.2) is 60.7 Å². The predicted octanol–water partition coefficient (Wildman–Crippen LogP) is 2.13. The zero-order valence-electron chi connectivity index (χ0n) is 15.8. The van der Waals surface area contributed by atoms with Crippen LogP contribution in [-0.2, 0) is 4.74 Å². The SMILES string of the molecule is OCC1O[C@H](Sc2ccccc2)C(O)C(n2cc(-c3cc(F)c(F)c(F)c3)nn2)[C@H]1O. The number of benzene rings is 2. The maximum Gasteiger partial charge on any atom is 0.194 e. The third kappa shape index (κ3) is 4.32. The number of aliphatic hydroxyl groups excluding tert-OH is 3. The molecule has 3 N–H and O–H groups in total. The summed E-state index contributed by atoms with van der Waals surface area (Å²) >= 11 is 1.20. The van der Waals surface area contributed by atoms with Gasteiger partial charge in [0.15, 0.2) is 17.5 Å². The van der Waals surface area contributed by atoms with E-state index in [1.54, 1.807) is 0 Å². The van der Waals surface area contributed by atoms with Crippen molar-refractivity contribution in [3.63, 3.8) is 0 Å². The summed E-state index contributed by atoms with van der Waals surface area (Å²) in [5.74, 6) is -4.36. The van der Waals surface area contributed by atoms with Gasteiger partial charge in [0.1, 0.15) is 35.5 Å². The topological polar surface area (TPSA) is 101 Å². The van der Waals surface area contributed by atoms with Crippen LogP contribution in [0.2, 0.25) is 0 Å². The summed E-state index contributed by atoms with van der Waals surface area (Å²) in [5.41, 5.74) is -0.898. The zero-order chi connectivity index (χ0) is 22.1. The summed E-state index contributed by atoms with van der Waals surface area (Å²) in [6, 6.07) is 9.59. The monoisotopic (exact) mass is 453 g/mol. The first kappa shape index (κ1) is 21.8. The highest BCUT2D eigenvalue weighted by molar-refractivity contribution is 7.99. The van der Waals surface area contributed by atoms with Crippen LogP contribution in [0.5, 0.6) is 0 Å². The third-order valence-corrected chi connectivity index (χ3v) is 6.11. The van der Waals surface area contributed by atoms with Crippen molar-refractivity contribution >= 4 is 11.8 Å². The molecule has 0 aliphatic carbocycles. The second-order valence-corrected chi connectivity index (χ2v) is 8.14. The molecule has 2 aromatic carbocycles. The molecule has 0 radical (unpaired) electrons. The quantitative estimate of drug-likeness (QED) is 0.509. The second-order valence-electron chi connectivity index (χ2n) is 6.97. The van der Waals surface area contributed by atoms with Crippen LogP contribution >= 0.6 is 11.8 Å². The molecule has 164 valence electrons. The Morgan fingerprint density at radius 2 is 1.71 bits per heavy atom. The molecule has 0 amide bonds. The van der Waals surface area contributed by atoms with Gasteiger partial charge in [-0.05, 0) is 24.3 Å². The number of hydrogen-bond donors (Lipinski definition) is 3. The van der Waals surface area contributed by atoms with Crippen LogP contribution in [0.1, 0.15) is 6.04 Å². The summed E-state index contributed by atoms with van der Waals surface area (Å²) in [4.78, 5) is 0.801. The molecule has 7 nitrogen and oxygen atoms in total. The van der Waals surface area contributed by atoms with Crippen molar-refractivity contribution in [2.75, 3.05) is 6.61 Å². The summed E-state index contributed by atoms with van der Waals surface area (Å²) in [6.07, 6.45) is -2.35. The normalized spacial score (nSPS) is 26.2. The van der Waals surface area contributed by atoms with E-state index >= 15 is 0 Å². The molecule has 1 aromatic heterocycles. The summed E-state index contributed by atoms with van der Waals surface area (Å²) in [7, 11) is 0. The number of thioether (sulfide) groups is 1. The summed E-state index contributed by atoms with van der Waals surface area (Å²) in [5, 5.41) is 38.8. The maximum absolute atomic E-state index is 13.6. The Labute approximate surface area is 179 Å². The first-order valence-corrected chi connectivity index (χ1v) is 10.2. The van der Waals surface area contributed by atoms with Gasteiger partial charge in [-0.15, -0.1) is 5.10 Å². The highest BCUT2D eigenvalue weighted by Crippen LogP contribution is 2.38. The smallest absolute Gasteiger partial charge is 0.194 e. The van der Waals surface area contributed by atoms with E-state index in [9.17, 15) is 28.5 Å². The Kier molecular flexibility index (Phi) is 6.30. The molecule has 3 unspecified atom stereocenters. The number of hydrogen-bond acceptors (Lipinski definition) is 7. The van der Waals surface area contributed by atoms with Crippen molar-refractivity contribution in [2.45, 2.75) is 34.7 Å². The van der Waals surface area contributed by atoms with E-state index in [1.807, 2.05) is 30.3 Å². The van der Waals surface area contributed by atoms with Crippen LogP contribution < -0.4 is 0 Å². The van der Waals surface area contributed by atoms with E-state index in [4.69, 9.17) is 4.74 Å². The first-order valence-electron chi connectivity index (χ1n) is 9.30. The minimum atomic E-state index is -1.60. The number of aliphatic hydroxyl groups is 3. The van der Waals surface area contributed by atoms with Gasteiger partial charge < -0.3 is 20.1 Å². The average Bonchev–Trinajstić information content (AvgIpc) is 3.24. The molecule has 4 rings (SSSR count). The van der Waals surface area contributed by atoms with E-state index in [2.05, 4.69) is 10.3 Å². The second kappa shape index (κ2) is 8.97. The minimum absolute atomic E-state index is 0.0107. The van der Waals surface area contributed by atoms with Crippen molar-refractivity contribution < 1.29 is 33.2 Å². The molecule has 2 heterocycles. The van der Waals surface area contributed by atoms with Gasteiger partial charge in [0.25, 0.3) is 0 Å². The lowest BCUT2D eigenvalue weighted by atomic mass is 9.97. The van der Waals surface area contributed by atoms with Crippen molar-refractivity contribution in [3.05, 3.63) is 66.1 Å². The Balaban J connectivity index is 1.64. The van der Waals surface area contributed by atoms with Gasteiger partial charge >= 0.3 is 0 Å². The Bertz CT molecular complexity index is 1030. The molecule has 31 heavy (non-hydrogen) atoms. The number of ether oxygens (including phenoxy) is 1. The van der Waals surface area contributed by atoms with E-state index in [0.29, 0.717) is 0 Å². The number of halogens is 3. The van der Waals surface area contributed by atoms with E-state index in [1.165, 1.54) is 18.0 Å². The molecule has 1 saturated heterocycles. The van der Waals surface area contributed by atoms with E-state index < -0.39 is 53.8 Å². The molecule has 1 aliphatic heterocycles. The average molecular weight is 453 g/mol. The standard InChI is InChI=1S/C20H18F3N3O4S/c21-12-6-10(7-13(22)16(12)23)14-8-26(25-24-14)17-18(28)15(9-27)30-20(19(17)29)31-11-4-2-1-3-5-11/h1-8,15,17-20,27-29H,9H2/t15?,17?,18-,19?,20+/m0/s1. The van der Waals surface area contributed by atoms with Crippen molar-refractivity contribution in [1.82, 2.24) is 15.0 Å². The minimum Gasteiger partial charge on any atom is -0.394 e. The Hall–Kier alpha value is -2.44. The van der Waals surface area contributed by atoms with Gasteiger partial charge in [-0.25, -0.2) is 17.9 Å². The van der Waals surface area contributed by atoms with Crippen molar-refractivity contribution in [3.8, 4) is 11.3 Å². The lowest BCUT2D eigenvalue weighted by Crippen LogP contribution is -2.55. The van der Waals surface area contributed by atoms with E-state index in [-0.39, 0.29) is 11.3 Å². The van der Waals surface area contributed by atoms with Crippen LogP contribution in [0.4, 0.5) is 13.2 Å². The van der Waals surface area contributed by atoms with Gasteiger partial charge in [-0.2, -0.15) is 0 Å². The fourth-order valence-corrected chi connectivity index (χ4v) is 4.45. The summed E-state index contributed by atoms with van der Waals surface area (Å²) < 4.78 is 47.2. The predicted molar refractivity (Wildman–Crippen MR) is 104 cm³/mol. The number of nitrogens with zero attached hydrogens (tertiary/aromatic N) is 3. The summed E-state index contributed by atoms with van der Waals surface area (Å²) in [6.45, 7) is -0.508. The van der Waals surface area contributed by atoms with Gasteiger partial charge in [0, 0.05) is 10.5 Å². The molecule has 11 heteroatoms. The molecule has 3 aromatic rings. The fraction of sp³-hybridized carbons (Fsp3) is 0.300. The van der Waals surface area contributed by atoms with Crippen molar-refractivity contribution in [1.29, 1.82) is 0 Å². The number of aromatic nitrogens is 3. The number of rotatable bonds is 5. The van der Waals surface area contributed by atoms with Gasteiger partial charge in [-0.3, -0.25) is 0 Å². The van der Waals surface area contributed by atoms with Crippen molar-refractivity contribution in [2.24, 2.45) is 0 Å². The lowest BCUT2D eigenvalue weighted by Gasteiger charge is -2.41.